The fourth-order valence-electron chi connectivity index (χ4n) is 6.52. The van der Waals surface area contributed by atoms with Gasteiger partial charge in [0.2, 0.25) is 0 Å². The van der Waals surface area contributed by atoms with Crippen molar-refractivity contribution in [1.82, 2.24) is 15.0 Å². The van der Waals surface area contributed by atoms with Gasteiger partial charge >= 0.3 is 0 Å². The van der Waals surface area contributed by atoms with E-state index in [0.29, 0.717) is 50.3 Å². The number of hydrogen-bond acceptors (Lipinski definition) is 4. The maximum atomic E-state index is 9.46. The Morgan fingerprint density at radius 1 is 0.474 bits per heavy atom. The monoisotopic (exact) mass is 748 g/mol. The van der Waals surface area contributed by atoms with Gasteiger partial charge in [0, 0.05) is 62.5 Å². The standard InChI is InChI=1S/C52H40N4O/c1-53-49-16-9-17-50-51(49)45-15-8-14-44(52(45)57-50)48-29-26-38(35-56-48)20-23-41-31-39(21-18-36-24-27-46(54-33-36)42-10-4-2-5-11-42)30-40(32-41)22-19-37-25-28-47(55-34-37)43-12-6-3-7-13-43/h2-17,24-35H,18-23H2/i18D2,19D2,20D2,21D2,22D2,23D2. The number of aromatic nitrogens is 3. The van der Waals surface area contributed by atoms with E-state index in [-0.39, 0.29) is 16.7 Å². The fraction of sp³-hybridized carbons (Fsp3) is 0.115. The van der Waals surface area contributed by atoms with Crippen LogP contribution in [0.15, 0.2) is 175 Å². The van der Waals surface area contributed by atoms with Crippen molar-refractivity contribution in [1.29, 1.82) is 0 Å². The number of rotatable bonds is 12. The Hall–Kier alpha value is -7.16. The number of benzene rings is 5. The Bertz CT molecular complexity index is 3270. The first-order chi connectivity index (χ1) is 32.7. The molecular formula is C52H40N4O. The predicted molar refractivity (Wildman–Crippen MR) is 231 cm³/mol. The fourth-order valence-corrected chi connectivity index (χ4v) is 6.52. The minimum absolute atomic E-state index is 0.184. The molecule has 0 saturated heterocycles. The second kappa shape index (κ2) is 16.3. The minimum atomic E-state index is -3.11. The lowest BCUT2D eigenvalue weighted by Crippen LogP contribution is -2.00. The molecule has 0 atom stereocenters. The summed E-state index contributed by atoms with van der Waals surface area (Å²) in [5, 5.41) is 1.31. The van der Waals surface area contributed by atoms with Crippen molar-refractivity contribution in [3.63, 3.8) is 0 Å². The topological polar surface area (TPSA) is 56.2 Å². The summed E-state index contributed by atoms with van der Waals surface area (Å²) < 4.78 is 118. The van der Waals surface area contributed by atoms with E-state index >= 15 is 0 Å². The molecule has 0 saturated carbocycles. The van der Waals surface area contributed by atoms with Crippen LogP contribution in [0.4, 0.5) is 5.69 Å². The zero-order chi connectivity index (χ0) is 49.1. The van der Waals surface area contributed by atoms with Crippen molar-refractivity contribution in [2.24, 2.45) is 0 Å². The Balaban J connectivity index is 1.13. The molecule has 5 heteroatoms. The minimum Gasteiger partial charge on any atom is -0.457 e. The quantitative estimate of drug-likeness (QED) is 0.117. The highest BCUT2D eigenvalue weighted by Crippen LogP contribution is 2.39. The third kappa shape index (κ3) is 7.99. The maximum Gasteiger partial charge on any atom is 0.198 e. The smallest absolute Gasteiger partial charge is 0.198 e. The molecule has 0 unspecified atom stereocenters. The lowest BCUT2D eigenvalue weighted by molar-refractivity contribution is 0.670. The molecule has 274 valence electrons. The van der Waals surface area contributed by atoms with Crippen molar-refractivity contribution in [2.45, 2.75) is 38.2 Å². The van der Waals surface area contributed by atoms with Crippen LogP contribution < -0.4 is 0 Å². The summed E-state index contributed by atoms with van der Waals surface area (Å²) in [6, 6.07) is 40.3. The molecule has 0 bridgehead atoms. The van der Waals surface area contributed by atoms with Gasteiger partial charge in [0.1, 0.15) is 11.2 Å². The summed E-state index contributed by atoms with van der Waals surface area (Å²) in [6.07, 6.45) is -14.5. The zero-order valence-corrected chi connectivity index (χ0v) is 30.4. The molecule has 0 aliphatic rings. The van der Waals surface area contributed by atoms with Crippen LogP contribution in [0.2, 0.25) is 0 Å². The number of hydrogen-bond donors (Lipinski definition) is 0. The molecule has 9 aromatic rings. The number of pyridine rings is 3. The lowest BCUT2D eigenvalue weighted by Gasteiger charge is -2.12. The van der Waals surface area contributed by atoms with Crippen LogP contribution >= 0.6 is 0 Å². The molecule has 4 heterocycles. The van der Waals surface area contributed by atoms with Crippen molar-refractivity contribution in [3.05, 3.63) is 215 Å². The molecule has 0 fully saturated rings. The molecule has 0 spiro atoms. The normalized spacial score (nSPS) is 15.8. The molecule has 5 nitrogen and oxygen atoms in total. The number of para-hydroxylation sites is 1. The van der Waals surface area contributed by atoms with Gasteiger partial charge in [-0.15, -0.1) is 0 Å². The Labute approximate surface area is 350 Å². The van der Waals surface area contributed by atoms with E-state index in [4.69, 9.17) is 11.0 Å². The molecule has 9 rings (SSSR count). The first-order valence-corrected chi connectivity index (χ1v) is 18.2. The molecular weight excluding hydrogens is 697 g/mol. The van der Waals surface area contributed by atoms with E-state index in [2.05, 4.69) is 19.8 Å². The molecule has 4 aromatic heterocycles. The highest BCUT2D eigenvalue weighted by atomic mass is 16.3. The van der Waals surface area contributed by atoms with Gasteiger partial charge in [0.15, 0.2) is 5.69 Å². The Kier molecular flexibility index (Phi) is 6.97. The Morgan fingerprint density at radius 3 is 1.42 bits per heavy atom. The predicted octanol–water partition coefficient (Wildman–Crippen LogP) is 12.7. The van der Waals surface area contributed by atoms with E-state index in [1.807, 2.05) is 66.7 Å². The lowest BCUT2D eigenvalue weighted by atomic mass is 9.94. The molecule has 5 aromatic carbocycles. The summed E-state index contributed by atoms with van der Waals surface area (Å²) in [4.78, 5) is 17.0. The number of furan rings is 1. The van der Waals surface area contributed by atoms with E-state index < -0.39 is 54.9 Å². The van der Waals surface area contributed by atoms with Crippen LogP contribution in [0.3, 0.4) is 0 Å². The Morgan fingerprint density at radius 2 is 0.947 bits per heavy atom. The largest absolute Gasteiger partial charge is 0.457 e. The van der Waals surface area contributed by atoms with Crippen LogP contribution in [-0.2, 0) is 38.2 Å². The van der Waals surface area contributed by atoms with Crippen LogP contribution in [-0.4, -0.2) is 15.0 Å². The molecule has 0 aliphatic heterocycles. The van der Waals surface area contributed by atoms with Gasteiger partial charge in [0.25, 0.3) is 0 Å². The van der Waals surface area contributed by atoms with E-state index in [0.717, 1.165) is 35.5 Å². The van der Waals surface area contributed by atoms with Gasteiger partial charge < -0.3 is 4.42 Å². The first kappa shape index (κ1) is 24.4. The molecule has 0 radical (unpaired) electrons. The van der Waals surface area contributed by atoms with Crippen molar-refractivity contribution in [2.75, 3.05) is 0 Å². The summed E-state index contributed by atoms with van der Waals surface area (Å²) in [5.74, 6) is 0. The van der Waals surface area contributed by atoms with Gasteiger partial charge in [-0.25, -0.2) is 4.85 Å². The zero-order valence-electron chi connectivity index (χ0n) is 42.4. The van der Waals surface area contributed by atoms with Crippen LogP contribution in [0, 0.1) is 6.57 Å². The van der Waals surface area contributed by atoms with Crippen molar-refractivity contribution >= 4 is 27.6 Å². The SMILES string of the molecule is [2H]C([2H])(c1ccc(-c2ccccc2)nc1)C([2H])([2H])c1cc(C([2H])([2H])C([2H])([2H])c2ccc(-c3ccccc3)nc2)cc(C([2H])([2H])C([2H])([2H])c2ccc(-c3cccc4c3oc3cccc([N+]#[C-])c34)nc2)c1. The summed E-state index contributed by atoms with van der Waals surface area (Å²) >= 11 is 0. The van der Waals surface area contributed by atoms with Gasteiger partial charge in [-0.3, -0.25) is 15.0 Å². The van der Waals surface area contributed by atoms with Crippen molar-refractivity contribution in [3.8, 4) is 33.8 Å². The third-order valence-corrected chi connectivity index (χ3v) is 9.31. The van der Waals surface area contributed by atoms with Gasteiger partial charge in [-0.2, -0.15) is 0 Å². The number of nitrogens with zero attached hydrogens (tertiary/aromatic N) is 4. The van der Waals surface area contributed by atoms with Gasteiger partial charge in [0.05, 0.1) is 23.7 Å². The maximum absolute atomic E-state index is 9.46. The molecule has 0 N–H and O–H groups in total. The van der Waals surface area contributed by atoms with Gasteiger partial charge in [-0.05, 0) is 102 Å². The third-order valence-electron chi connectivity index (χ3n) is 9.31. The van der Waals surface area contributed by atoms with E-state index in [1.165, 1.54) is 36.7 Å². The highest BCUT2D eigenvalue weighted by molar-refractivity contribution is 6.14. The van der Waals surface area contributed by atoms with Crippen LogP contribution in [0.5, 0.6) is 0 Å². The second-order valence-electron chi connectivity index (χ2n) is 13.1. The number of aryl methyl sites for hydroxylation is 6. The van der Waals surface area contributed by atoms with Crippen LogP contribution in [0.1, 0.15) is 49.8 Å². The van der Waals surface area contributed by atoms with E-state index in [9.17, 15) is 16.4 Å². The molecule has 57 heavy (non-hydrogen) atoms. The van der Waals surface area contributed by atoms with Gasteiger partial charge in [-0.1, -0.05) is 121 Å². The summed E-state index contributed by atoms with van der Waals surface area (Å²) in [5.41, 5.74) is 2.41. The first-order valence-electron chi connectivity index (χ1n) is 24.2. The highest BCUT2D eigenvalue weighted by Gasteiger charge is 2.15. The molecule has 0 aliphatic carbocycles. The summed E-state index contributed by atoms with van der Waals surface area (Å²) in [7, 11) is 0. The van der Waals surface area contributed by atoms with Crippen molar-refractivity contribution < 1.29 is 20.9 Å². The van der Waals surface area contributed by atoms with Crippen LogP contribution in [0.25, 0.3) is 60.6 Å². The van der Waals surface area contributed by atoms with E-state index in [1.54, 1.807) is 42.5 Å². The summed E-state index contributed by atoms with van der Waals surface area (Å²) in [6.45, 7) is 7.66. The average Bonchev–Trinajstić information content (AvgIpc) is 3.76. The average molecular weight is 749 g/mol. The number of fused-ring (bicyclic) bond motifs is 3. The second-order valence-corrected chi connectivity index (χ2v) is 13.1. The molecule has 0 amide bonds.